The van der Waals surface area contributed by atoms with Gasteiger partial charge in [-0.1, -0.05) is 200 Å². The van der Waals surface area contributed by atoms with Crippen LogP contribution in [0.25, 0.3) is 77.2 Å². The van der Waals surface area contributed by atoms with Gasteiger partial charge in [-0.2, -0.15) is 0 Å². The molecule has 2 heterocycles. The third-order valence-electron chi connectivity index (χ3n) is 13.1. The summed E-state index contributed by atoms with van der Waals surface area (Å²) >= 11 is 0. The van der Waals surface area contributed by atoms with Gasteiger partial charge in [0.1, 0.15) is 0 Å². The minimum absolute atomic E-state index is 1.15. The maximum Gasteiger partial charge on any atom is 0.179 e. The summed E-state index contributed by atoms with van der Waals surface area (Å²) in [6, 6.07) is 94.0. The molecule has 0 aliphatic carbocycles. The van der Waals surface area contributed by atoms with E-state index in [0.29, 0.717) is 0 Å². The SMILES string of the molecule is c1ccc(-c2ccccc2-n2c3ccccc3c3cc(-c4ccc5c(c4)c4ccccc4n5-c4ccc([Si](c5ccccc5)(c5ccccc5)c5ccccc5)cc4)ccc32)cc1. The highest BCUT2D eigenvalue weighted by Crippen LogP contribution is 2.40. The zero-order chi connectivity index (χ0) is 41.7. The van der Waals surface area contributed by atoms with Gasteiger partial charge in [-0.15, -0.1) is 0 Å². The largest absolute Gasteiger partial charge is 0.309 e. The lowest BCUT2D eigenvalue weighted by Gasteiger charge is -2.34. The quantitative estimate of drug-likeness (QED) is 0.107. The van der Waals surface area contributed by atoms with Gasteiger partial charge in [0.05, 0.1) is 27.8 Å². The van der Waals surface area contributed by atoms with E-state index in [1.165, 1.54) is 92.3 Å². The van der Waals surface area contributed by atoms with Gasteiger partial charge >= 0.3 is 0 Å². The van der Waals surface area contributed by atoms with Crippen LogP contribution in [0.4, 0.5) is 0 Å². The molecular formula is C60H42N2Si. The average Bonchev–Trinajstić information content (AvgIpc) is 3.88. The molecule has 10 aromatic carbocycles. The van der Waals surface area contributed by atoms with Crippen LogP contribution in [0.15, 0.2) is 255 Å². The van der Waals surface area contributed by atoms with E-state index in [1.807, 2.05) is 0 Å². The molecule has 0 fully saturated rings. The van der Waals surface area contributed by atoms with Crippen LogP contribution in [0.3, 0.4) is 0 Å². The Morgan fingerprint density at radius 3 is 1.19 bits per heavy atom. The number of fused-ring (bicyclic) bond motifs is 6. The van der Waals surface area contributed by atoms with E-state index >= 15 is 0 Å². The Kier molecular flexibility index (Phi) is 8.87. The molecule has 0 unspecified atom stereocenters. The van der Waals surface area contributed by atoms with Crippen molar-refractivity contribution in [3.8, 4) is 33.6 Å². The fraction of sp³-hybridized carbons (Fsp3) is 0. The molecule has 12 aromatic rings. The van der Waals surface area contributed by atoms with Crippen LogP contribution in [0.5, 0.6) is 0 Å². The van der Waals surface area contributed by atoms with Gasteiger partial charge in [0.2, 0.25) is 0 Å². The van der Waals surface area contributed by atoms with Crippen molar-refractivity contribution in [3.63, 3.8) is 0 Å². The Balaban J connectivity index is 0.992. The highest BCUT2D eigenvalue weighted by Gasteiger charge is 2.41. The van der Waals surface area contributed by atoms with E-state index < -0.39 is 8.07 Å². The van der Waals surface area contributed by atoms with Crippen molar-refractivity contribution in [1.82, 2.24) is 9.13 Å². The molecule has 3 heteroatoms. The zero-order valence-electron chi connectivity index (χ0n) is 34.6. The summed E-state index contributed by atoms with van der Waals surface area (Å²) < 4.78 is 4.88. The smallest absolute Gasteiger partial charge is 0.179 e. The van der Waals surface area contributed by atoms with Crippen molar-refractivity contribution < 1.29 is 0 Å². The molecule has 0 aliphatic heterocycles. The maximum absolute atomic E-state index is 2.64. The molecule has 0 saturated carbocycles. The Hall–Kier alpha value is -7.98. The number of hydrogen-bond donors (Lipinski definition) is 0. The summed E-state index contributed by atoms with van der Waals surface area (Å²) in [5, 5.41) is 10.5. The molecule has 0 radical (unpaired) electrons. The van der Waals surface area contributed by atoms with E-state index in [-0.39, 0.29) is 0 Å². The van der Waals surface area contributed by atoms with E-state index in [2.05, 4.69) is 264 Å². The van der Waals surface area contributed by atoms with Crippen molar-refractivity contribution in [1.29, 1.82) is 0 Å². The first-order valence-corrected chi connectivity index (χ1v) is 23.8. The van der Waals surface area contributed by atoms with Crippen LogP contribution in [-0.4, -0.2) is 17.2 Å². The summed E-state index contributed by atoms with van der Waals surface area (Å²) in [6.45, 7) is 0. The molecule has 2 nitrogen and oxygen atoms in total. The molecule has 0 atom stereocenters. The van der Waals surface area contributed by atoms with Crippen LogP contribution >= 0.6 is 0 Å². The van der Waals surface area contributed by atoms with Crippen LogP contribution in [0.1, 0.15) is 0 Å². The van der Waals surface area contributed by atoms with E-state index in [9.17, 15) is 0 Å². The first-order valence-electron chi connectivity index (χ1n) is 21.8. The fourth-order valence-corrected chi connectivity index (χ4v) is 15.0. The van der Waals surface area contributed by atoms with Crippen molar-refractivity contribution in [2.75, 3.05) is 0 Å². The predicted molar refractivity (Wildman–Crippen MR) is 270 cm³/mol. The second-order valence-electron chi connectivity index (χ2n) is 16.4. The van der Waals surface area contributed by atoms with Crippen molar-refractivity contribution in [2.24, 2.45) is 0 Å². The normalized spacial score (nSPS) is 11.8. The number of rotatable bonds is 8. The van der Waals surface area contributed by atoms with Crippen molar-refractivity contribution >= 4 is 72.4 Å². The highest BCUT2D eigenvalue weighted by atomic mass is 28.3. The number of aromatic nitrogens is 2. The van der Waals surface area contributed by atoms with Crippen LogP contribution in [-0.2, 0) is 0 Å². The van der Waals surface area contributed by atoms with Gasteiger partial charge in [-0.25, -0.2) is 0 Å². The third kappa shape index (κ3) is 5.93. The lowest BCUT2D eigenvalue weighted by molar-refractivity contribution is 1.18. The molecule has 0 bridgehead atoms. The van der Waals surface area contributed by atoms with Crippen LogP contribution < -0.4 is 20.7 Å². The van der Waals surface area contributed by atoms with E-state index in [1.54, 1.807) is 0 Å². The van der Waals surface area contributed by atoms with Gasteiger partial charge in [0.15, 0.2) is 8.07 Å². The van der Waals surface area contributed by atoms with Gasteiger partial charge < -0.3 is 9.13 Å². The zero-order valence-corrected chi connectivity index (χ0v) is 35.6. The lowest BCUT2D eigenvalue weighted by atomic mass is 10.0. The fourth-order valence-electron chi connectivity index (χ4n) is 10.3. The summed E-state index contributed by atoms with van der Waals surface area (Å²) in [5.74, 6) is 0. The highest BCUT2D eigenvalue weighted by molar-refractivity contribution is 7.19. The van der Waals surface area contributed by atoms with E-state index in [4.69, 9.17) is 0 Å². The molecule has 296 valence electrons. The molecule has 0 spiro atoms. The Bertz CT molecular complexity index is 3490. The molecule has 0 saturated heterocycles. The summed E-state index contributed by atoms with van der Waals surface area (Å²) in [5.41, 5.74) is 12.0. The topological polar surface area (TPSA) is 9.86 Å². The van der Waals surface area contributed by atoms with Gasteiger partial charge in [0.25, 0.3) is 0 Å². The predicted octanol–water partition coefficient (Wildman–Crippen LogP) is 12.6. The number of para-hydroxylation sites is 3. The third-order valence-corrected chi connectivity index (χ3v) is 17.9. The molecule has 2 aromatic heterocycles. The van der Waals surface area contributed by atoms with E-state index in [0.717, 1.165) is 5.69 Å². The molecular weight excluding hydrogens is 777 g/mol. The molecule has 12 rings (SSSR count). The minimum Gasteiger partial charge on any atom is -0.309 e. The standard InChI is InChI=1S/C60H42N2Si/c1-5-19-43(20-6-1)51-27-13-16-30-56(51)62-58-32-18-15-29-53(58)55-42-45(34-40-60(55)62)44-33-39-59-54(41-44)52-28-14-17-31-57(52)61(59)46-35-37-50(38-36-46)63(47-21-7-2-8-22-47,48-23-9-3-10-24-48)49-25-11-4-12-26-49/h1-42H. The van der Waals surface area contributed by atoms with Gasteiger partial charge in [0, 0.05) is 32.8 Å². The van der Waals surface area contributed by atoms with Crippen molar-refractivity contribution in [3.05, 3.63) is 255 Å². The first kappa shape index (κ1) is 36.8. The number of nitrogens with zero attached hydrogens (tertiary/aromatic N) is 2. The molecule has 0 aliphatic rings. The molecule has 63 heavy (non-hydrogen) atoms. The average molecular weight is 819 g/mol. The Morgan fingerprint density at radius 2 is 0.651 bits per heavy atom. The monoisotopic (exact) mass is 818 g/mol. The Labute approximate surface area is 368 Å². The Morgan fingerprint density at radius 1 is 0.254 bits per heavy atom. The molecule has 0 N–H and O–H groups in total. The second-order valence-corrected chi connectivity index (χ2v) is 20.3. The summed E-state index contributed by atoms with van der Waals surface area (Å²) in [4.78, 5) is 0. The van der Waals surface area contributed by atoms with Gasteiger partial charge in [-0.3, -0.25) is 0 Å². The first-order chi connectivity index (χ1) is 31.3. The van der Waals surface area contributed by atoms with Gasteiger partial charge in [-0.05, 0) is 92.0 Å². The number of hydrogen-bond acceptors (Lipinski definition) is 0. The molecule has 0 amide bonds. The van der Waals surface area contributed by atoms with Crippen LogP contribution in [0, 0.1) is 0 Å². The summed E-state index contributed by atoms with van der Waals surface area (Å²) in [7, 11) is -2.64. The second kappa shape index (κ2) is 15.2. The van der Waals surface area contributed by atoms with Crippen molar-refractivity contribution in [2.45, 2.75) is 0 Å². The maximum atomic E-state index is 2.44. The number of benzene rings is 10. The van der Waals surface area contributed by atoms with Crippen LogP contribution in [0.2, 0.25) is 0 Å². The minimum atomic E-state index is -2.64. The lowest BCUT2D eigenvalue weighted by Crippen LogP contribution is -2.74. The summed E-state index contributed by atoms with van der Waals surface area (Å²) in [6.07, 6.45) is 0.